The first kappa shape index (κ1) is 15.4. The molecule has 0 saturated carbocycles. The highest BCUT2D eigenvalue weighted by Crippen LogP contribution is 2.27. The summed E-state index contributed by atoms with van der Waals surface area (Å²) in [5.41, 5.74) is 0. The van der Waals surface area contributed by atoms with E-state index in [1.165, 1.54) is 12.1 Å². The zero-order valence-corrected chi connectivity index (χ0v) is 12.3. The smallest absolute Gasteiger partial charge is 0.305 e. The van der Waals surface area contributed by atoms with Crippen molar-refractivity contribution in [3.63, 3.8) is 0 Å². The Morgan fingerprint density at radius 3 is 2.86 bits per heavy atom. The molecule has 0 radical (unpaired) electrons. The van der Waals surface area contributed by atoms with Crippen molar-refractivity contribution in [1.82, 2.24) is 9.62 Å². The number of nitrogens with one attached hydrogen (secondary N) is 1. The van der Waals surface area contributed by atoms with Crippen molar-refractivity contribution in [3.05, 3.63) is 17.0 Å². The van der Waals surface area contributed by atoms with Crippen molar-refractivity contribution < 1.29 is 23.1 Å². The molecule has 1 amide bonds. The monoisotopic (exact) mass is 329 g/mol. The van der Waals surface area contributed by atoms with Crippen LogP contribution in [0.15, 0.2) is 16.3 Å². The summed E-state index contributed by atoms with van der Waals surface area (Å²) >= 11 is 0.786. The van der Waals surface area contributed by atoms with Gasteiger partial charge in [-0.05, 0) is 12.1 Å². The lowest BCUT2D eigenvalue weighted by molar-refractivity contribution is -0.141. The second kappa shape index (κ2) is 5.80. The predicted molar refractivity (Wildman–Crippen MR) is 72.0 cm³/mol. The summed E-state index contributed by atoms with van der Waals surface area (Å²) in [5.74, 6) is -1.90. The van der Waals surface area contributed by atoms with E-state index < -0.39 is 34.4 Å². The Morgan fingerprint density at radius 1 is 1.57 bits per heavy atom. The first-order valence-corrected chi connectivity index (χ1v) is 8.13. The summed E-state index contributed by atoms with van der Waals surface area (Å²) < 4.78 is 25.8. The van der Waals surface area contributed by atoms with Crippen LogP contribution in [-0.2, 0) is 19.6 Å². The van der Waals surface area contributed by atoms with Gasteiger partial charge in [-0.15, -0.1) is 11.3 Å². The summed E-state index contributed by atoms with van der Waals surface area (Å²) in [4.78, 5) is 22.8. The maximum Gasteiger partial charge on any atom is 0.305 e. The summed E-state index contributed by atoms with van der Waals surface area (Å²) in [6.07, 6.45) is -0.610. The van der Waals surface area contributed by atoms with E-state index in [1.54, 1.807) is 0 Å². The molecule has 21 heavy (non-hydrogen) atoms. The Bertz CT molecular complexity index is 718. The van der Waals surface area contributed by atoms with Crippen molar-refractivity contribution in [2.45, 2.75) is 16.7 Å². The van der Waals surface area contributed by atoms with E-state index in [1.807, 2.05) is 6.07 Å². The average molecular weight is 329 g/mol. The Kier molecular flexibility index (Phi) is 4.26. The summed E-state index contributed by atoms with van der Waals surface area (Å²) in [7, 11) is -4.00. The van der Waals surface area contributed by atoms with E-state index in [0.717, 1.165) is 15.6 Å². The molecule has 2 N–H and O–H groups in total. The number of hydrogen-bond acceptors (Lipinski definition) is 6. The number of thiophene rings is 1. The van der Waals surface area contributed by atoms with Crippen LogP contribution >= 0.6 is 11.3 Å². The van der Waals surface area contributed by atoms with Gasteiger partial charge >= 0.3 is 5.97 Å². The Balaban J connectivity index is 2.38. The minimum absolute atomic E-state index is 0.00813. The standard InChI is InChI=1S/C11H11N3O5S2/c12-6-7-1-2-10(20-7)21(18,19)14-4-3-13-11(17)8(14)5-9(15)16/h1-2,8H,3-5H2,(H,13,17)(H,15,16). The van der Waals surface area contributed by atoms with E-state index in [-0.39, 0.29) is 22.2 Å². The number of rotatable bonds is 4. The van der Waals surface area contributed by atoms with Crippen LogP contribution < -0.4 is 5.32 Å². The molecule has 1 unspecified atom stereocenters. The normalized spacial score (nSPS) is 19.8. The molecule has 1 atom stereocenters. The van der Waals surface area contributed by atoms with Crippen LogP contribution in [0.4, 0.5) is 0 Å². The topological polar surface area (TPSA) is 128 Å². The molecule has 1 aromatic heterocycles. The lowest BCUT2D eigenvalue weighted by Gasteiger charge is -2.32. The van der Waals surface area contributed by atoms with Crippen molar-refractivity contribution in [1.29, 1.82) is 5.26 Å². The largest absolute Gasteiger partial charge is 0.481 e. The number of carbonyl (C=O) groups excluding carboxylic acids is 1. The maximum absolute atomic E-state index is 12.5. The molecule has 1 fully saturated rings. The summed E-state index contributed by atoms with van der Waals surface area (Å²) in [5, 5.41) is 20.0. The van der Waals surface area contributed by atoms with Gasteiger partial charge in [0.15, 0.2) is 0 Å². The molecule has 8 nitrogen and oxygen atoms in total. The highest BCUT2D eigenvalue weighted by atomic mass is 32.2. The van der Waals surface area contributed by atoms with Gasteiger partial charge in [-0.1, -0.05) is 0 Å². The van der Waals surface area contributed by atoms with E-state index in [4.69, 9.17) is 10.4 Å². The van der Waals surface area contributed by atoms with Crippen molar-refractivity contribution >= 4 is 33.2 Å². The number of hydrogen-bond donors (Lipinski definition) is 2. The Labute approximate surface area is 124 Å². The average Bonchev–Trinajstić information content (AvgIpc) is 2.90. The molecule has 0 aromatic carbocycles. The fraction of sp³-hybridized carbons (Fsp3) is 0.364. The van der Waals surface area contributed by atoms with Crippen molar-refractivity contribution in [2.75, 3.05) is 13.1 Å². The zero-order valence-electron chi connectivity index (χ0n) is 10.6. The van der Waals surface area contributed by atoms with Crippen LogP contribution in [0, 0.1) is 11.3 Å². The molecule has 1 aliphatic rings. The third kappa shape index (κ3) is 3.05. The van der Waals surface area contributed by atoms with Crippen LogP contribution in [0.25, 0.3) is 0 Å². The van der Waals surface area contributed by atoms with Crippen LogP contribution in [0.3, 0.4) is 0 Å². The fourth-order valence-electron chi connectivity index (χ4n) is 1.98. The minimum Gasteiger partial charge on any atom is -0.481 e. The molecule has 1 aromatic rings. The van der Waals surface area contributed by atoms with Gasteiger partial charge in [-0.2, -0.15) is 9.57 Å². The quantitative estimate of drug-likeness (QED) is 0.772. The van der Waals surface area contributed by atoms with Crippen LogP contribution in [-0.4, -0.2) is 48.8 Å². The summed E-state index contributed by atoms with van der Waals surface area (Å²) in [6, 6.07) is 3.20. The van der Waals surface area contributed by atoms with E-state index >= 15 is 0 Å². The van der Waals surface area contributed by atoms with Gasteiger partial charge in [0.1, 0.15) is 21.2 Å². The van der Waals surface area contributed by atoms with Gasteiger partial charge in [-0.25, -0.2) is 8.42 Å². The molecule has 112 valence electrons. The van der Waals surface area contributed by atoms with E-state index in [9.17, 15) is 18.0 Å². The number of sulfonamides is 1. The SMILES string of the molecule is N#Cc1ccc(S(=O)(=O)N2CCNC(=O)C2CC(=O)O)s1. The highest BCUT2D eigenvalue weighted by Gasteiger charge is 2.40. The van der Waals surface area contributed by atoms with Crippen LogP contribution in [0.1, 0.15) is 11.3 Å². The molecule has 1 aliphatic heterocycles. The zero-order chi connectivity index (χ0) is 15.6. The third-order valence-electron chi connectivity index (χ3n) is 2.90. The number of piperazine rings is 1. The van der Waals surface area contributed by atoms with Gasteiger partial charge < -0.3 is 10.4 Å². The number of carboxylic acid groups (broad SMARTS) is 1. The first-order chi connectivity index (χ1) is 9.86. The molecule has 0 bridgehead atoms. The fourth-order valence-corrected chi connectivity index (χ4v) is 4.80. The minimum atomic E-state index is -4.00. The number of nitriles is 1. The Morgan fingerprint density at radius 2 is 2.29 bits per heavy atom. The predicted octanol–water partition coefficient (Wildman–Crippen LogP) is -0.416. The number of carbonyl (C=O) groups is 2. The second-order valence-corrected chi connectivity index (χ2v) is 7.45. The van der Waals surface area contributed by atoms with Crippen molar-refractivity contribution in [3.8, 4) is 6.07 Å². The molecule has 0 aliphatic carbocycles. The van der Waals surface area contributed by atoms with Gasteiger partial charge in [0.25, 0.3) is 10.0 Å². The molecule has 1 saturated heterocycles. The lowest BCUT2D eigenvalue weighted by Crippen LogP contribution is -2.57. The van der Waals surface area contributed by atoms with Gasteiger partial charge in [0.05, 0.1) is 6.42 Å². The van der Waals surface area contributed by atoms with Gasteiger partial charge in [0.2, 0.25) is 5.91 Å². The Hall–Kier alpha value is -1.96. The number of amides is 1. The number of aliphatic carboxylic acids is 1. The van der Waals surface area contributed by atoms with Gasteiger partial charge in [0, 0.05) is 13.1 Å². The van der Waals surface area contributed by atoms with E-state index in [0.29, 0.717) is 0 Å². The molecule has 10 heteroatoms. The molecular weight excluding hydrogens is 318 g/mol. The number of carboxylic acids is 1. The maximum atomic E-state index is 12.5. The lowest BCUT2D eigenvalue weighted by atomic mass is 10.1. The third-order valence-corrected chi connectivity index (χ3v) is 6.27. The molecular formula is C11H11N3O5S2. The van der Waals surface area contributed by atoms with Crippen LogP contribution in [0.2, 0.25) is 0 Å². The summed E-state index contributed by atoms with van der Waals surface area (Å²) in [6.45, 7) is 0.108. The van der Waals surface area contributed by atoms with Gasteiger partial charge in [-0.3, -0.25) is 9.59 Å². The van der Waals surface area contributed by atoms with E-state index in [2.05, 4.69) is 5.32 Å². The molecule has 2 heterocycles. The first-order valence-electron chi connectivity index (χ1n) is 5.87. The van der Waals surface area contributed by atoms with Crippen LogP contribution in [0.5, 0.6) is 0 Å². The molecule has 0 spiro atoms. The van der Waals surface area contributed by atoms with Crippen molar-refractivity contribution in [2.24, 2.45) is 0 Å². The number of nitrogens with zero attached hydrogens (tertiary/aromatic N) is 2. The molecule has 2 rings (SSSR count). The second-order valence-electron chi connectivity index (χ2n) is 4.25. The highest BCUT2D eigenvalue weighted by molar-refractivity contribution is 7.91.